The molecule has 0 bridgehead atoms. The fourth-order valence-corrected chi connectivity index (χ4v) is 4.66. The lowest BCUT2D eigenvalue weighted by molar-refractivity contribution is 0.0964. The highest BCUT2D eigenvalue weighted by molar-refractivity contribution is 6.06. The minimum Gasteiger partial charge on any atom is -0.370 e. The second-order valence-corrected chi connectivity index (χ2v) is 9.30. The molecule has 7 nitrogen and oxygen atoms in total. The number of carbonyl (C=O) groups excluding carboxylic acids is 1. The molecule has 1 fully saturated rings. The molecular weight excluding hydrogens is 455 g/mol. The molecule has 2 N–H and O–H groups in total. The van der Waals surface area contributed by atoms with Crippen molar-refractivity contribution in [3.63, 3.8) is 0 Å². The van der Waals surface area contributed by atoms with E-state index in [1.54, 1.807) is 24.7 Å². The van der Waals surface area contributed by atoms with Gasteiger partial charge in [0.25, 0.3) is 5.91 Å². The molecule has 8 heteroatoms. The summed E-state index contributed by atoms with van der Waals surface area (Å²) < 4.78 is 14.7. The van der Waals surface area contributed by atoms with E-state index in [4.69, 9.17) is 0 Å². The Morgan fingerprint density at radius 3 is 2.69 bits per heavy atom. The number of hydrogen-bond donors (Lipinski definition) is 2. The van der Waals surface area contributed by atoms with E-state index in [0.717, 1.165) is 34.8 Å². The van der Waals surface area contributed by atoms with Gasteiger partial charge in [0, 0.05) is 54.6 Å². The zero-order valence-corrected chi connectivity index (χ0v) is 20.5. The molecule has 36 heavy (non-hydrogen) atoms. The van der Waals surface area contributed by atoms with Crippen LogP contribution >= 0.6 is 0 Å². The molecular formula is C28H29FN6O. The minimum absolute atomic E-state index is 0.0811. The highest BCUT2D eigenvalue weighted by Gasteiger charge is 2.21. The minimum atomic E-state index is -0.450. The molecule has 4 aromatic rings. The van der Waals surface area contributed by atoms with Crippen LogP contribution in [0.5, 0.6) is 0 Å². The molecule has 1 saturated carbocycles. The Bertz CT molecular complexity index is 1390. The lowest BCUT2D eigenvalue weighted by atomic mass is 9.82. The number of amides is 1. The number of carbonyl (C=O) groups is 1. The maximum Gasteiger partial charge on any atom is 0.251 e. The van der Waals surface area contributed by atoms with Crippen LogP contribution in [0.15, 0.2) is 55.1 Å². The number of aromatic nitrogens is 4. The molecule has 3 heterocycles. The summed E-state index contributed by atoms with van der Waals surface area (Å²) in [7, 11) is 1.53. The summed E-state index contributed by atoms with van der Waals surface area (Å²) >= 11 is 0. The van der Waals surface area contributed by atoms with Crippen LogP contribution in [-0.4, -0.2) is 39.4 Å². The van der Waals surface area contributed by atoms with Crippen molar-refractivity contribution in [3.05, 3.63) is 77.8 Å². The maximum atomic E-state index is 14.7. The van der Waals surface area contributed by atoms with E-state index in [2.05, 4.69) is 49.6 Å². The first-order valence-corrected chi connectivity index (χ1v) is 12.4. The first-order chi connectivity index (χ1) is 17.5. The summed E-state index contributed by atoms with van der Waals surface area (Å²) in [5.74, 6) is 0.638. The Labute approximate surface area is 209 Å². The van der Waals surface area contributed by atoms with E-state index >= 15 is 0 Å². The molecule has 1 atom stereocenters. The van der Waals surface area contributed by atoms with Gasteiger partial charge < -0.3 is 10.6 Å². The molecule has 1 aliphatic rings. The lowest BCUT2D eigenvalue weighted by Gasteiger charge is -2.24. The number of pyridine rings is 2. The summed E-state index contributed by atoms with van der Waals surface area (Å²) in [5, 5.41) is 6.20. The van der Waals surface area contributed by atoms with E-state index in [0.29, 0.717) is 18.0 Å². The van der Waals surface area contributed by atoms with Gasteiger partial charge in [0.2, 0.25) is 0 Å². The number of halogens is 1. The topological polar surface area (TPSA) is 92.7 Å². The van der Waals surface area contributed by atoms with E-state index in [1.165, 1.54) is 32.4 Å². The first-order valence-electron chi connectivity index (χ1n) is 12.4. The lowest BCUT2D eigenvalue weighted by Crippen LogP contribution is -2.19. The Kier molecular flexibility index (Phi) is 6.84. The summed E-state index contributed by atoms with van der Waals surface area (Å²) in [5.41, 5.74) is 4.66. The highest BCUT2D eigenvalue weighted by Crippen LogP contribution is 2.35. The number of nitrogens with zero attached hydrogens (tertiary/aromatic N) is 4. The molecule has 1 unspecified atom stereocenters. The average Bonchev–Trinajstić information content (AvgIpc) is 2.87. The van der Waals surface area contributed by atoms with Crippen molar-refractivity contribution >= 4 is 22.6 Å². The first kappa shape index (κ1) is 23.8. The van der Waals surface area contributed by atoms with Crippen LogP contribution in [-0.2, 0) is 0 Å². The standard InChI is InChI=1S/C28H29FN6O/c1-17(20-7-8-22(29)26-21(28(36)30-2)11-13-32-27(20)26)10-12-31-25-14-24(34-16-35-25)19-6-9-23(33-15-19)18-4-3-5-18/h6-9,11,13-18H,3-5,10,12H2,1-2H3,(H,30,36)(H,31,34,35). The third kappa shape index (κ3) is 4.76. The van der Waals surface area contributed by atoms with Gasteiger partial charge in [-0.15, -0.1) is 0 Å². The Morgan fingerprint density at radius 2 is 1.97 bits per heavy atom. The number of anilines is 1. The van der Waals surface area contributed by atoms with Crippen molar-refractivity contribution in [1.29, 1.82) is 0 Å². The maximum absolute atomic E-state index is 14.7. The van der Waals surface area contributed by atoms with Crippen molar-refractivity contribution in [3.8, 4) is 11.3 Å². The van der Waals surface area contributed by atoms with E-state index in [-0.39, 0.29) is 22.8 Å². The van der Waals surface area contributed by atoms with Gasteiger partial charge in [0.1, 0.15) is 18.0 Å². The second kappa shape index (κ2) is 10.4. The zero-order valence-electron chi connectivity index (χ0n) is 20.5. The van der Waals surface area contributed by atoms with Crippen LogP contribution in [0.1, 0.15) is 66.1 Å². The van der Waals surface area contributed by atoms with Crippen molar-refractivity contribution in [2.75, 3.05) is 18.9 Å². The zero-order chi connectivity index (χ0) is 25.1. The SMILES string of the molecule is CNC(=O)c1ccnc2c(C(C)CCNc3cc(-c4ccc(C5CCC5)nc4)ncn3)ccc(F)c12. The molecule has 1 amide bonds. The van der Waals surface area contributed by atoms with Gasteiger partial charge in [0.15, 0.2) is 0 Å². The average molecular weight is 485 g/mol. The van der Waals surface area contributed by atoms with Crippen LogP contribution in [0.4, 0.5) is 10.2 Å². The number of nitrogens with one attached hydrogen (secondary N) is 2. The van der Waals surface area contributed by atoms with E-state index in [9.17, 15) is 9.18 Å². The van der Waals surface area contributed by atoms with Crippen LogP contribution in [0.25, 0.3) is 22.2 Å². The predicted molar refractivity (Wildman–Crippen MR) is 138 cm³/mol. The van der Waals surface area contributed by atoms with Crippen molar-refractivity contribution in [1.82, 2.24) is 25.3 Å². The molecule has 3 aromatic heterocycles. The molecule has 0 aliphatic heterocycles. The number of fused-ring (bicyclic) bond motifs is 1. The normalized spacial score (nSPS) is 14.3. The van der Waals surface area contributed by atoms with Gasteiger partial charge in [-0.05, 0) is 55.0 Å². The molecule has 184 valence electrons. The third-order valence-electron chi connectivity index (χ3n) is 7.03. The fourth-order valence-electron chi connectivity index (χ4n) is 4.66. The van der Waals surface area contributed by atoms with Gasteiger partial charge in [-0.3, -0.25) is 14.8 Å². The quantitative estimate of drug-likeness (QED) is 0.345. The van der Waals surface area contributed by atoms with Crippen molar-refractivity contribution in [2.45, 2.75) is 44.4 Å². The van der Waals surface area contributed by atoms with Gasteiger partial charge in [0.05, 0.1) is 16.8 Å². The molecule has 0 radical (unpaired) electrons. The Balaban J connectivity index is 1.27. The monoisotopic (exact) mass is 484 g/mol. The van der Waals surface area contributed by atoms with Crippen LogP contribution in [0, 0.1) is 5.82 Å². The second-order valence-electron chi connectivity index (χ2n) is 9.30. The van der Waals surface area contributed by atoms with E-state index < -0.39 is 5.82 Å². The molecule has 1 aliphatic carbocycles. The highest BCUT2D eigenvalue weighted by atomic mass is 19.1. The molecule has 0 spiro atoms. The van der Waals surface area contributed by atoms with Crippen molar-refractivity contribution < 1.29 is 9.18 Å². The Morgan fingerprint density at radius 1 is 1.11 bits per heavy atom. The molecule has 0 saturated heterocycles. The predicted octanol–water partition coefficient (Wildman–Crippen LogP) is 5.46. The van der Waals surface area contributed by atoms with Crippen LogP contribution in [0.2, 0.25) is 0 Å². The van der Waals surface area contributed by atoms with Crippen LogP contribution < -0.4 is 10.6 Å². The Hall–Kier alpha value is -3.94. The van der Waals surface area contributed by atoms with Crippen molar-refractivity contribution in [2.24, 2.45) is 0 Å². The van der Waals surface area contributed by atoms with Gasteiger partial charge in [-0.1, -0.05) is 19.4 Å². The number of rotatable bonds is 8. The summed E-state index contributed by atoms with van der Waals surface area (Å²) in [4.78, 5) is 30.1. The summed E-state index contributed by atoms with van der Waals surface area (Å²) in [6.45, 7) is 2.73. The molecule has 5 rings (SSSR count). The summed E-state index contributed by atoms with van der Waals surface area (Å²) in [6, 6.07) is 10.8. The smallest absolute Gasteiger partial charge is 0.251 e. The largest absolute Gasteiger partial charge is 0.370 e. The summed E-state index contributed by atoms with van der Waals surface area (Å²) in [6.07, 6.45) is 9.51. The van der Waals surface area contributed by atoms with E-state index in [1.807, 2.05) is 12.3 Å². The number of hydrogen-bond acceptors (Lipinski definition) is 6. The van der Waals surface area contributed by atoms with Gasteiger partial charge in [-0.2, -0.15) is 0 Å². The number of benzene rings is 1. The van der Waals surface area contributed by atoms with Gasteiger partial charge in [-0.25, -0.2) is 14.4 Å². The fraction of sp³-hybridized carbons (Fsp3) is 0.321. The van der Waals surface area contributed by atoms with Crippen LogP contribution in [0.3, 0.4) is 0 Å². The van der Waals surface area contributed by atoms with Gasteiger partial charge >= 0.3 is 0 Å². The third-order valence-corrected chi connectivity index (χ3v) is 7.03. The molecule has 1 aromatic carbocycles.